The molecule has 4 heteroatoms. The van der Waals surface area contributed by atoms with Crippen LogP contribution in [0.5, 0.6) is 0 Å². The predicted octanol–water partition coefficient (Wildman–Crippen LogP) is 6.34. The zero-order valence-corrected chi connectivity index (χ0v) is 20.5. The third kappa shape index (κ3) is 3.37. The van der Waals surface area contributed by atoms with E-state index in [2.05, 4.69) is 39.8 Å². The van der Waals surface area contributed by atoms with Gasteiger partial charge in [-0.05, 0) is 95.7 Å². The smallest absolute Gasteiger partial charge is 0.221 e. The zero-order valence-electron chi connectivity index (χ0n) is 20.5. The lowest BCUT2D eigenvalue weighted by Gasteiger charge is -2.60. The Labute approximate surface area is 189 Å². The second-order valence-corrected chi connectivity index (χ2v) is 12.9. The molecule has 1 aromatic heterocycles. The van der Waals surface area contributed by atoms with E-state index in [0.29, 0.717) is 16.2 Å². The molecule has 3 saturated carbocycles. The van der Waals surface area contributed by atoms with E-state index < -0.39 is 0 Å². The topological polar surface area (TPSA) is 53.0 Å². The average molecular weight is 429 g/mol. The number of nitrogens with zero attached hydrogens (tertiary/aromatic N) is 2. The minimum atomic E-state index is 0.246. The van der Waals surface area contributed by atoms with Gasteiger partial charge < -0.3 is 5.21 Å². The van der Waals surface area contributed by atoms with Crippen LogP contribution in [0, 0.1) is 57.5 Å². The van der Waals surface area contributed by atoms with Crippen molar-refractivity contribution in [2.45, 2.75) is 105 Å². The van der Waals surface area contributed by atoms with Crippen LogP contribution in [-0.4, -0.2) is 5.16 Å². The number of rotatable bonds is 5. The van der Waals surface area contributed by atoms with E-state index in [0.717, 1.165) is 59.7 Å². The third-order valence-corrected chi connectivity index (χ3v) is 11.0. The molecule has 31 heavy (non-hydrogen) atoms. The first-order valence-electron chi connectivity index (χ1n) is 13.3. The van der Waals surface area contributed by atoms with E-state index >= 15 is 0 Å². The molecule has 1 heterocycles. The molecule has 1 aromatic rings. The quantitative estimate of drug-likeness (QED) is 0.514. The van der Waals surface area contributed by atoms with Gasteiger partial charge in [0.05, 0.1) is 0 Å². The van der Waals surface area contributed by atoms with Gasteiger partial charge in [0.25, 0.3) is 0 Å². The molecular weight excluding hydrogens is 384 g/mol. The van der Waals surface area contributed by atoms with Crippen LogP contribution in [0.15, 0.2) is 4.63 Å². The second-order valence-electron chi connectivity index (χ2n) is 12.9. The lowest BCUT2D eigenvalue weighted by Crippen LogP contribution is -2.55. The van der Waals surface area contributed by atoms with Crippen molar-refractivity contribution in [3.63, 3.8) is 0 Å². The molecule has 0 amide bonds. The first-order valence-corrected chi connectivity index (χ1v) is 13.3. The average Bonchev–Trinajstić information content (AvgIpc) is 3.25. The standard InChI is InChI=1S/C27H44N2O2/c1-17(2)7-6-8-18(3)21-11-12-22-20-10-9-19-15-24-25(29(30)31-28-24)16-27(19,5)23(20)13-14-26(21,22)4/h17-23H,6-16H2,1-5H3/t18-,19+,20-,21-,22-,23-,26-,27+/m1/s1. The van der Waals surface area contributed by atoms with Crippen molar-refractivity contribution >= 4 is 0 Å². The van der Waals surface area contributed by atoms with Crippen LogP contribution in [0.3, 0.4) is 0 Å². The molecule has 0 saturated heterocycles. The van der Waals surface area contributed by atoms with Crippen LogP contribution in [0.25, 0.3) is 0 Å². The summed E-state index contributed by atoms with van der Waals surface area (Å²) in [5, 5.41) is 16.3. The highest BCUT2D eigenvalue weighted by atomic mass is 16.8. The van der Waals surface area contributed by atoms with Crippen molar-refractivity contribution < 1.29 is 9.53 Å². The fraction of sp³-hybridized carbons (Fsp3) is 0.926. The van der Waals surface area contributed by atoms with Crippen LogP contribution in [0.4, 0.5) is 0 Å². The van der Waals surface area contributed by atoms with Gasteiger partial charge in [-0.25, -0.2) is 0 Å². The molecule has 0 unspecified atom stereocenters. The Bertz CT molecular complexity index is 803. The van der Waals surface area contributed by atoms with E-state index in [1.807, 2.05) is 0 Å². The molecule has 174 valence electrons. The van der Waals surface area contributed by atoms with Gasteiger partial charge in [-0.3, -0.25) is 4.63 Å². The van der Waals surface area contributed by atoms with E-state index in [-0.39, 0.29) is 5.41 Å². The van der Waals surface area contributed by atoms with Gasteiger partial charge in [0.2, 0.25) is 5.69 Å². The van der Waals surface area contributed by atoms with Crippen molar-refractivity contribution in [1.29, 1.82) is 0 Å². The van der Waals surface area contributed by atoms with Crippen LogP contribution >= 0.6 is 0 Å². The van der Waals surface area contributed by atoms with Gasteiger partial charge in [0.1, 0.15) is 0 Å². The summed E-state index contributed by atoms with van der Waals surface area (Å²) in [6, 6.07) is 0. The molecule has 0 radical (unpaired) electrons. The van der Waals surface area contributed by atoms with Gasteiger partial charge in [-0.15, -0.1) is 0 Å². The molecule has 0 N–H and O–H groups in total. The number of aromatic nitrogens is 2. The first kappa shape index (κ1) is 21.8. The molecule has 0 spiro atoms. The summed E-state index contributed by atoms with van der Waals surface area (Å²) >= 11 is 0. The summed E-state index contributed by atoms with van der Waals surface area (Å²) in [4.78, 5) is 0.706. The Morgan fingerprint density at radius 1 is 1.03 bits per heavy atom. The summed E-state index contributed by atoms with van der Waals surface area (Å²) in [5.74, 6) is 5.80. The van der Waals surface area contributed by atoms with Crippen LogP contribution < -0.4 is 4.90 Å². The Balaban J connectivity index is 1.34. The van der Waals surface area contributed by atoms with Gasteiger partial charge in [0, 0.05) is 18.0 Å². The highest BCUT2D eigenvalue weighted by Crippen LogP contribution is 2.67. The molecule has 3 fully saturated rings. The summed E-state index contributed by atoms with van der Waals surface area (Å²) < 4.78 is 4.99. The van der Waals surface area contributed by atoms with E-state index in [4.69, 9.17) is 4.63 Å². The van der Waals surface area contributed by atoms with E-state index in [1.165, 1.54) is 57.8 Å². The van der Waals surface area contributed by atoms with Gasteiger partial charge in [0.15, 0.2) is 5.69 Å². The van der Waals surface area contributed by atoms with Crippen molar-refractivity contribution in [2.24, 2.45) is 52.3 Å². The minimum absolute atomic E-state index is 0.246. The molecule has 4 nitrogen and oxygen atoms in total. The first-order chi connectivity index (χ1) is 14.7. The fourth-order valence-corrected chi connectivity index (χ4v) is 9.38. The Hall–Kier alpha value is -1.06. The van der Waals surface area contributed by atoms with Gasteiger partial charge >= 0.3 is 0 Å². The van der Waals surface area contributed by atoms with Crippen LogP contribution in [-0.2, 0) is 12.8 Å². The molecule has 8 atom stereocenters. The SMILES string of the molecule is CC(C)CCC[C@@H](C)[C@H]1CC[C@@H]2[C@H]3CC[C@H]4Cc5no[n+]([O-])c5C[C@]4(C)[C@@H]3CC[C@@]21C. The lowest BCUT2D eigenvalue weighted by molar-refractivity contribution is -0.808. The van der Waals surface area contributed by atoms with Crippen molar-refractivity contribution in [2.75, 3.05) is 0 Å². The predicted molar refractivity (Wildman–Crippen MR) is 122 cm³/mol. The number of fused-ring (bicyclic) bond motifs is 6. The van der Waals surface area contributed by atoms with Crippen molar-refractivity contribution in [3.05, 3.63) is 16.6 Å². The Morgan fingerprint density at radius 2 is 1.81 bits per heavy atom. The fourth-order valence-electron chi connectivity index (χ4n) is 9.38. The van der Waals surface area contributed by atoms with Crippen molar-refractivity contribution in [1.82, 2.24) is 5.16 Å². The molecule has 0 aliphatic heterocycles. The summed E-state index contributed by atoms with van der Waals surface area (Å²) in [7, 11) is 0. The van der Waals surface area contributed by atoms with Gasteiger partial charge in [-0.1, -0.05) is 53.9 Å². The van der Waals surface area contributed by atoms with Crippen LogP contribution in [0.2, 0.25) is 0 Å². The minimum Gasteiger partial charge on any atom is -0.359 e. The monoisotopic (exact) mass is 428 g/mol. The molecule has 0 aromatic carbocycles. The highest BCUT2D eigenvalue weighted by Gasteiger charge is 2.61. The third-order valence-electron chi connectivity index (χ3n) is 11.0. The van der Waals surface area contributed by atoms with E-state index in [9.17, 15) is 5.21 Å². The Kier molecular flexibility index (Phi) is 5.45. The number of hydrogen-bond donors (Lipinski definition) is 0. The summed E-state index contributed by atoms with van der Waals surface area (Å²) in [6.07, 6.45) is 14.4. The maximum atomic E-state index is 12.2. The summed E-state index contributed by atoms with van der Waals surface area (Å²) in [6.45, 7) is 12.5. The van der Waals surface area contributed by atoms with Gasteiger partial charge in [-0.2, -0.15) is 0 Å². The Morgan fingerprint density at radius 3 is 2.58 bits per heavy atom. The maximum absolute atomic E-state index is 12.2. The van der Waals surface area contributed by atoms with E-state index in [1.54, 1.807) is 0 Å². The largest absolute Gasteiger partial charge is 0.359 e. The zero-order chi connectivity index (χ0) is 22.0. The summed E-state index contributed by atoms with van der Waals surface area (Å²) in [5.41, 5.74) is 2.55. The number of hydrogen-bond acceptors (Lipinski definition) is 3. The second kappa shape index (κ2) is 7.76. The molecular formula is C27H44N2O2. The van der Waals surface area contributed by atoms with Crippen molar-refractivity contribution in [3.8, 4) is 0 Å². The lowest BCUT2D eigenvalue weighted by atomic mass is 9.44. The molecule has 0 bridgehead atoms. The molecule has 4 aliphatic carbocycles. The normalized spacial score (nSPS) is 42.6. The highest BCUT2D eigenvalue weighted by molar-refractivity contribution is 5.19. The molecule has 5 rings (SSSR count). The van der Waals surface area contributed by atoms with Crippen LogP contribution in [0.1, 0.15) is 104 Å². The molecule has 4 aliphatic rings. The maximum Gasteiger partial charge on any atom is 0.221 e.